The van der Waals surface area contributed by atoms with Crippen molar-refractivity contribution in [2.45, 2.75) is 25.8 Å². The third-order valence-corrected chi connectivity index (χ3v) is 3.69. The number of hydrogen-bond donors (Lipinski definition) is 1. The van der Waals surface area contributed by atoms with Gasteiger partial charge in [0.15, 0.2) is 0 Å². The maximum atomic E-state index is 13.6. The van der Waals surface area contributed by atoms with Crippen LogP contribution in [0.2, 0.25) is 5.02 Å². The van der Waals surface area contributed by atoms with Crippen LogP contribution in [0.4, 0.5) is 8.78 Å². The van der Waals surface area contributed by atoms with Crippen molar-refractivity contribution in [2.24, 2.45) is 5.73 Å². The molecule has 0 radical (unpaired) electrons. The fraction of sp³-hybridized carbons (Fsp3) is 0.250. The summed E-state index contributed by atoms with van der Waals surface area (Å²) in [7, 11) is 0. The molecule has 1 atom stereocenters. The molecule has 20 heavy (non-hydrogen) atoms. The first-order chi connectivity index (χ1) is 9.29. The van der Waals surface area contributed by atoms with Crippen LogP contribution in [0.25, 0.3) is 0 Å². The zero-order valence-corrected chi connectivity index (χ0v) is 12.1. The zero-order chi connectivity index (χ0) is 14.9. The van der Waals surface area contributed by atoms with Gasteiger partial charge in [0.1, 0.15) is 11.6 Å². The maximum Gasteiger partial charge on any atom is 0.142 e. The van der Waals surface area contributed by atoms with Crippen LogP contribution in [0, 0.1) is 18.6 Å². The molecular weight excluding hydrogens is 280 g/mol. The van der Waals surface area contributed by atoms with Crippen molar-refractivity contribution < 1.29 is 8.78 Å². The molecule has 0 amide bonds. The number of halogens is 3. The minimum absolute atomic E-state index is 0.0776. The molecule has 0 spiro atoms. The van der Waals surface area contributed by atoms with Gasteiger partial charge in [-0.1, -0.05) is 29.8 Å². The molecule has 1 unspecified atom stereocenters. The van der Waals surface area contributed by atoms with Crippen LogP contribution < -0.4 is 5.73 Å². The van der Waals surface area contributed by atoms with E-state index in [2.05, 4.69) is 0 Å². The van der Waals surface area contributed by atoms with E-state index < -0.39 is 11.4 Å². The summed E-state index contributed by atoms with van der Waals surface area (Å²) in [5.41, 5.74) is 7.44. The standard InChI is InChI=1S/C16H16ClF2N/c1-10-3-5-12(8-14(10)18)16(2,20)9-11-4-6-13(17)15(19)7-11/h3-8H,9,20H2,1-2H3. The smallest absolute Gasteiger partial charge is 0.142 e. The quantitative estimate of drug-likeness (QED) is 0.895. The Morgan fingerprint density at radius 1 is 1.10 bits per heavy atom. The van der Waals surface area contributed by atoms with E-state index in [1.54, 1.807) is 32.0 Å². The molecule has 0 heterocycles. The molecule has 2 aromatic rings. The summed E-state index contributed by atoms with van der Waals surface area (Å²) in [6, 6.07) is 9.50. The highest BCUT2D eigenvalue weighted by atomic mass is 35.5. The van der Waals surface area contributed by atoms with Gasteiger partial charge in [0.05, 0.1) is 5.02 Å². The zero-order valence-electron chi connectivity index (χ0n) is 11.4. The average molecular weight is 296 g/mol. The van der Waals surface area contributed by atoms with Gasteiger partial charge in [-0.2, -0.15) is 0 Å². The molecule has 0 saturated heterocycles. The van der Waals surface area contributed by atoms with E-state index in [1.165, 1.54) is 18.2 Å². The number of aryl methyl sites for hydroxylation is 1. The SMILES string of the molecule is Cc1ccc(C(C)(N)Cc2ccc(Cl)c(F)c2)cc1F. The molecule has 0 saturated carbocycles. The van der Waals surface area contributed by atoms with Gasteiger partial charge >= 0.3 is 0 Å². The van der Waals surface area contributed by atoms with E-state index in [0.29, 0.717) is 17.5 Å². The molecule has 0 aliphatic heterocycles. The molecular formula is C16H16ClF2N. The second kappa shape index (κ2) is 5.51. The van der Waals surface area contributed by atoms with E-state index in [4.69, 9.17) is 17.3 Å². The van der Waals surface area contributed by atoms with E-state index in [0.717, 1.165) is 5.56 Å². The van der Waals surface area contributed by atoms with Crippen molar-refractivity contribution in [2.75, 3.05) is 0 Å². The predicted octanol–water partition coefficient (Wildman–Crippen LogP) is 4.34. The highest BCUT2D eigenvalue weighted by Gasteiger charge is 2.23. The maximum absolute atomic E-state index is 13.6. The lowest BCUT2D eigenvalue weighted by atomic mass is 9.86. The number of hydrogen-bond acceptors (Lipinski definition) is 1. The first-order valence-electron chi connectivity index (χ1n) is 6.29. The van der Waals surface area contributed by atoms with Gasteiger partial charge in [-0.3, -0.25) is 0 Å². The van der Waals surface area contributed by atoms with E-state index in [-0.39, 0.29) is 10.8 Å². The van der Waals surface area contributed by atoms with Gasteiger partial charge in [0.25, 0.3) is 0 Å². The van der Waals surface area contributed by atoms with E-state index >= 15 is 0 Å². The number of rotatable bonds is 3. The molecule has 0 aliphatic rings. The van der Waals surface area contributed by atoms with Crippen molar-refractivity contribution in [3.05, 3.63) is 69.7 Å². The molecule has 1 nitrogen and oxygen atoms in total. The lowest BCUT2D eigenvalue weighted by Crippen LogP contribution is -2.35. The summed E-state index contributed by atoms with van der Waals surface area (Å²) in [4.78, 5) is 0. The van der Waals surface area contributed by atoms with Gasteiger partial charge in [-0.25, -0.2) is 8.78 Å². The minimum atomic E-state index is -0.783. The van der Waals surface area contributed by atoms with E-state index in [9.17, 15) is 8.78 Å². The summed E-state index contributed by atoms with van der Waals surface area (Å²) < 4.78 is 27.1. The van der Waals surface area contributed by atoms with Crippen LogP contribution in [0.5, 0.6) is 0 Å². The number of nitrogens with two attached hydrogens (primary N) is 1. The Morgan fingerprint density at radius 3 is 2.40 bits per heavy atom. The number of benzene rings is 2. The molecule has 2 N–H and O–H groups in total. The second-order valence-electron chi connectivity index (χ2n) is 5.31. The summed E-state index contributed by atoms with van der Waals surface area (Å²) in [6.07, 6.45) is 0.392. The molecule has 106 valence electrons. The Morgan fingerprint density at radius 2 is 1.80 bits per heavy atom. The van der Waals surface area contributed by atoms with Crippen molar-refractivity contribution in [1.29, 1.82) is 0 Å². The Labute approximate surface area is 122 Å². The molecule has 2 rings (SSSR count). The third kappa shape index (κ3) is 3.17. The van der Waals surface area contributed by atoms with Crippen LogP contribution in [0.1, 0.15) is 23.6 Å². The summed E-state index contributed by atoms with van der Waals surface area (Å²) in [6.45, 7) is 3.49. The third-order valence-electron chi connectivity index (χ3n) is 3.39. The van der Waals surface area contributed by atoms with Crippen LogP contribution in [0.3, 0.4) is 0 Å². The van der Waals surface area contributed by atoms with Gasteiger partial charge < -0.3 is 5.73 Å². The summed E-state index contributed by atoms with van der Waals surface area (Å²) in [5, 5.41) is 0.0776. The van der Waals surface area contributed by atoms with Crippen LogP contribution in [0.15, 0.2) is 36.4 Å². The van der Waals surface area contributed by atoms with Gasteiger partial charge in [0.2, 0.25) is 0 Å². The van der Waals surface area contributed by atoms with Crippen LogP contribution in [-0.4, -0.2) is 0 Å². The minimum Gasteiger partial charge on any atom is -0.321 e. The lowest BCUT2D eigenvalue weighted by Gasteiger charge is -2.26. The topological polar surface area (TPSA) is 26.0 Å². The average Bonchev–Trinajstić information content (AvgIpc) is 2.37. The van der Waals surface area contributed by atoms with Crippen molar-refractivity contribution in [1.82, 2.24) is 0 Å². The molecule has 4 heteroatoms. The summed E-state index contributed by atoms with van der Waals surface area (Å²) >= 11 is 5.65. The second-order valence-corrected chi connectivity index (χ2v) is 5.71. The van der Waals surface area contributed by atoms with Crippen molar-refractivity contribution in [3.8, 4) is 0 Å². The predicted molar refractivity (Wildman–Crippen MR) is 77.8 cm³/mol. The van der Waals surface area contributed by atoms with Gasteiger partial charge in [-0.05, 0) is 55.2 Å². The van der Waals surface area contributed by atoms with Crippen LogP contribution in [-0.2, 0) is 12.0 Å². The van der Waals surface area contributed by atoms with Gasteiger partial charge in [0, 0.05) is 5.54 Å². The van der Waals surface area contributed by atoms with Crippen molar-refractivity contribution in [3.63, 3.8) is 0 Å². The molecule has 0 aliphatic carbocycles. The van der Waals surface area contributed by atoms with Crippen LogP contribution >= 0.6 is 11.6 Å². The molecule has 0 aromatic heterocycles. The van der Waals surface area contributed by atoms with Crippen molar-refractivity contribution >= 4 is 11.6 Å². The van der Waals surface area contributed by atoms with E-state index in [1.807, 2.05) is 0 Å². The normalized spacial score (nSPS) is 14.1. The Hall–Kier alpha value is -1.45. The molecule has 0 fully saturated rings. The highest BCUT2D eigenvalue weighted by Crippen LogP contribution is 2.26. The fourth-order valence-electron chi connectivity index (χ4n) is 2.12. The monoisotopic (exact) mass is 295 g/mol. The molecule has 2 aromatic carbocycles. The molecule has 0 bridgehead atoms. The Bertz CT molecular complexity index is 638. The Balaban J connectivity index is 2.29. The van der Waals surface area contributed by atoms with Gasteiger partial charge in [-0.15, -0.1) is 0 Å². The summed E-state index contributed by atoms with van der Waals surface area (Å²) in [5.74, 6) is -0.767. The lowest BCUT2D eigenvalue weighted by molar-refractivity contribution is 0.484. The first-order valence-corrected chi connectivity index (χ1v) is 6.67. The Kier molecular flexibility index (Phi) is 4.11. The largest absolute Gasteiger partial charge is 0.321 e. The fourth-order valence-corrected chi connectivity index (χ4v) is 2.24. The highest BCUT2D eigenvalue weighted by molar-refractivity contribution is 6.30. The first kappa shape index (κ1) is 14.9.